The van der Waals surface area contributed by atoms with Gasteiger partial charge in [0.05, 0.1) is 38.7 Å². The van der Waals surface area contributed by atoms with Crippen LogP contribution in [0.2, 0.25) is 0 Å². The minimum atomic E-state index is -4.43. The fourth-order valence-corrected chi connectivity index (χ4v) is 3.65. The third kappa shape index (κ3) is 4.46. The molecular weight excluding hydrogens is 392 g/mol. The van der Waals surface area contributed by atoms with Gasteiger partial charge in [-0.3, -0.25) is 0 Å². The van der Waals surface area contributed by atoms with Gasteiger partial charge in [-0.25, -0.2) is 18.0 Å². The largest absolute Gasteiger partial charge is 0.481 e. The second kappa shape index (κ2) is 8.52. The Morgan fingerprint density at radius 1 is 1.07 bits per heavy atom. The smallest absolute Gasteiger partial charge is 0.338 e. The number of aromatic nitrogens is 2. The van der Waals surface area contributed by atoms with Gasteiger partial charge in [0.2, 0.25) is 21.8 Å². The molecule has 0 aliphatic carbocycles. The maximum atomic E-state index is 12.9. The number of esters is 1. The number of amides is 2. The lowest BCUT2D eigenvalue weighted by Gasteiger charge is -2.19. The van der Waals surface area contributed by atoms with E-state index >= 15 is 0 Å². The number of carbonyl (C=O) groups excluding carboxylic acids is 2. The highest BCUT2D eigenvalue weighted by Gasteiger charge is 2.32. The Hall–Kier alpha value is -3.41. The second-order valence-corrected chi connectivity index (χ2v) is 7.08. The fourth-order valence-electron chi connectivity index (χ4n) is 2.27. The molecule has 0 bridgehead atoms. The van der Waals surface area contributed by atoms with Gasteiger partial charge in [-0.2, -0.15) is 14.3 Å². The van der Waals surface area contributed by atoms with Crippen molar-refractivity contribution in [3.63, 3.8) is 0 Å². The van der Waals surface area contributed by atoms with Gasteiger partial charge in [-0.1, -0.05) is 18.2 Å². The Kier molecular flexibility index (Phi) is 6.36. The lowest BCUT2D eigenvalue weighted by Crippen LogP contribution is -2.42. The van der Waals surface area contributed by atoms with Crippen LogP contribution in [0.3, 0.4) is 0 Å². The minimum absolute atomic E-state index is 0.0298. The first-order valence-electron chi connectivity index (χ1n) is 7.69. The van der Waals surface area contributed by atoms with E-state index in [2.05, 4.69) is 14.7 Å². The molecule has 1 aromatic carbocycles. The van der Waals surface area contributed by atoms with Gasteiger partial charge < -0.3 is 19.9 Å². The third-order valence-corrected chi connectivity index (χ3v) is 5.08. The van der Waals surface area contributed by atoms with Crippen molar-refractivity contribution >= 4 is 28.0 Å². The van der Waals surface area contributed by atoms with E-state index in [0.717, 1.165) is 0 Å². The van der Waals surface area contributed by atoms with Crippen LogP contribution in [0.4, 0.5) is 10.7 Å². The summed E-state index contributed by atoms with van der Waals surface area (Å²) in [7, 11) is -0.675. The number of sulfonamides is 1. The summed E-state index contributed by atoms with van der Waals surface area (Å²) < 4.78 is 40.6. The van der Waals surface area contributed by atoms with Crippen molar-refractivity contribution in [2.75, 3.05) is 25.6 Å². The highest BCUT2D eigenvalue weighted by molar-refractivity contribution is 7.92. The quantitative estimate of drug-likeness (QED) is 0.650. The van der Waals surface area contributed by atoms with Gasteiger partial charge in [-0.05, 0) is 11.6 Å². The molecule has 11 nitrogen and oxygen atoms in total. The van der Waals surface area contributed by atoms with Gasteiger partial charge in [0.25, 0.3) is 5.95 Å². The van der Waals surface area contributed by atoms with Crippen LogP contribution in [-0.4, -0.2) is 51.7 Å². The summed E-state index contributed by atoms with van der Waals surface area (Å²) in [6.07, 6.45) is 0. The van der Waals surface area contributed by atoms with Crippen molar-refractivity contribution in [2.45, 2.75) is 5.75 Å². The first-order chi connectivity index (χ1) is 13.2. The van der Waals surface area contributed by atoms with E-state index in [1.54, 1.807) is 6.07 Å². The lowest BCUT2D eigenvalue weighted by molar-refractivity contribution is 0.0600. The first kappa shape index (κ1) is 20.9. The summed E-state index contributed by atoms with van der Waals surface area (Å²) in [4.78, 5) is 31.5. The van der Waals surface area contributed by atoms with Crippen LogP contribution < -0.4 is 19.5 Å². The van der Waals surface area contributed by atoms with Crippen LogP contribution in [-0.2, 0) is 20.5 Å². The number of methoxy groups -OCH3 is 3. The summed E-state index contributed by atoms with van der Waals surface area (Å²) in [6, 6.07) is 5.85. The molecule has 0 spiro atoms. The summed E-state index contributed by atoms with van der Waals surface area (Å²) in [6.45, 7) is 0. The predicted octanol–water partition coefficient (Wildman–Crippen LogP) is 0.695. The molecule has 0 unspecified atom stereocenters. The molecule has 2 rings (SSSR count). The average Bonchev–Trinajstić information content (AvgIpc) is 2.66. The van der Waals surface area contributed by atoms with Crippen LogP contribution in [0.15, 0.2) is 30.3 Å². The van der Waals surface area contributed by atoms with Crippen LogP contribution in [0.25, 0.3) is 0 Å². The monoisotopic (exact) mass is 410 g/mol. The summed E-state index contributed by atoms with van der Waals surface area (Å²) in [5, 5.41) is 0. The number of ether oxygens (including phenoxy) is 3. The molecule has 150 valence electrons. The molecule has 2 N–H and O–H groups in total. The predicted molar refractivity (Wildman–Crippen MR) is 97.6 cm³/mol. The third-order valence-electron chi connectivity index (χ3n) is 3.51. The lowest BCUT2D eigenvalue weighted by atomic mass is 10.1. The van der Waals surface area contributed by atoms with Crippen molar-refractivity contribution < 1.29 is 32.2 Å². The number of carbonyl (C=O) groups is 2. The second-order valence-electron chi connectivity index (χ2n) is 5.26. The number of nitrogens with two attached hydrogens (primary N) is 1. The zero-order chi connectivity index (χ0) is 20.9. The number of benzene rings is 1. The number of hydrogen-bond acceptors (Lipinski definition) is 9. The van der Waals surface area contributed by atoms with Crippen molar-refractivity contribution in [3.05, 3.63) is 41.5 Å². The number of anilines is 1. The first-order valence-corrected chi connectivity index (χ1v) is 9.30. The van der Waals surface area contributed by atoms with Crippen LogP contribution >= 0.6 is 0 Å². The summed E-state index contributed by atoms with van der Waals surface area (Å²) in [5.41, 5.74) is 5.41. The van der Waals surface area contributed by atoms with Gasteiger partial charge >= 0.3 is 12.0 Å². The molecule has 0 saturated carbocycles. The molecule has 1 aromatic heterocycles. The standard InChI is InChI=1S/C16H18N4O7S/c1-25-12-8-13(26-2)19-16(18-12)20(15(17)22)28(23,24)9-10-6-4-5-7-11(10)14(21)27-3/h4-8H,9H2,1-3H3,(H2,17,22). The van der Waals surface area contributed by atoms with Crippen LogP contribution in [0.1, 0.15) is 15.9 Å². The molecule has 1 heterocycles. The molecule has 0 atom stereocenters. The van der Waals surface area contributed by atoms with E-state index in [0.29, 0.717) is 0 Å². The number of urea groups is 1. The van der Waals surface area contributed by atoms with Gasteiger partial charge in [0.15, 0.2) is 0 Å². The fraction of sp³-hybridized carbons (Fsp3) is 0.250. The summed E-state index contributed by atoms with van der Waals surface area (Å²) >= 11 is 0. The number of hydrogen-bond donors (Lipinski definition) is 1. The highest BCUT2D eigenvalue weighted by Crippen LogP contribution is 2.24. The Morgan fingerprint density at radius 3 is 2.14 bits per heavy atom. The van der Waals surface area contributed by atoms with E-state index in [-0.39, 0.29) is 27.2 Å². The van der Waals surface area contributed by atoms with Gasteiger partial charge in [-0.15, -0.1) is 0 Å². The van der Waals surface area contributed by atoms with Crippen molar-refractivity contribution in [3.8, 4) is 11.8 Å². The van der Waals surface area contributed by atoms with Crippen molar-refractivity contribution in [2.24, 2.45) is 5.73 Å². The molecule has 0 radical (unpaired) electrons. The molecule has 28 heavy (non-hydrogen) atoms. The Morgan fingerprint density at radius 2 is 1.64 bits per heavy atom. The van der Waals surface area contributed by atoms with Gasteiger partial charge in [0.1, 0.15) is 0 Å². The Labute approximate surface area is 161 Å². The molecule has 2 aromatic rings. The maximum Gasteiger partial charge on any atom is 0.338 e. The normalized spacial score (nSPS) is 10.8. The van der Waals surface area contributed by atoms with E-state index in [4.69, 9.17) is 15.2 Å². The van der Waals surface area contributed by atoms with E-state index in [9.17, 15) is 18.0 Å². The van der Waals surface area contributed by atoms with E-state index < -0.39 is 33.7 Å². The maximum absolute atomic E-state index is 12.9. The molecule has 0 saturated heterocycles. The number of rotatable bonds is 7. The SMILES string of the molecule is COC(=O)c1ccccc1CS(=O)(=O)N(C(N)=O)c1nc(OC)cc(OC)n1. The Bertz CT molecular complexity index is 972. The van der Waals surface area contributed by atoms with Crippen LogP contribution in [0, 0.1) is 0 Å². The topological polar surface area (TPSA) is 151 Å². The van der Waals surface area contributed by atoms with Crippen molar-refractivity contribution in [1.29, 1.82) is 0 Å². The van der Waals surface area contributed by atoms with E-state index in [1.165, 1.54) is 45.6 Å². The molecular formula is C16H18N4O7S. The highest BCUT2D eigenvalue weighted by atomic mass is 32.2. The zero-order valence-electron chi connectivity index (χ0n) is 15.3. The zero-order valence-corrected chi connectivity index (χ0v) is 16.1. The molecule has 0 aliphatic rings. The van der Waals surface area contributed by atoms with Crippen LogP contribution in [0.5, 0.6) is 11.8 Å². The molecule has 0 aliphatic heterocycles. The Balaban J connectivity index is 2.53. The van der Waals surface area contributed by atoms with Gasteiger partial charge in [0, 0.05) is 0 Å². The number of primary amides is 1. The minimum Gasteiger partial charge on any atom is -0.481 e. The molecule has 0 fully saturated rings. The molecule has 2 amide bonds. The molecule has 12 heteroatoms. The van der Waals surface area contributed by atoms with E-state index in [1.807, 2.05) is 0 Å². The number of nitrogens with zero attached hydrogens (tertiary/aromatic N) is 3. The van der Waals surface area contributed by atoms with Crippen molar-refractivity contribution in [1.82, 2.24) is 9.97 Å². The summed E-state index contributed by atoms with van der Waals surface area (Å²) in [5.74, 6) is -2.10. The average molecular weight is 410 g/mol.